The molecule has 0 fully saturated rings. The van der Waals surface area contributed by atoms with Crippen LogP contribution in [-0.2, 0) is 6.54 Å². The van der Waals surface area contributed by atoms with Gasteiger partial charge in [-0.1, -0.05) is 18.2 Å². The van der Waals surface area contributed by atoms with Crippen molar-refractivity contribution in [1.29, 1.82) is 0 Å². The van der Waals surface area contributed by atoms with Crippen LogP contribution in [0.25, 0.3) is 11.1 Å². The number of ether oxygens (including phenoxy) is 1. The van der Waals surface area contributed by atoms with Crippen molar-refractivity contribution < 1.29 is 9.13 Å². The average Bonchev–Trinajstić information content (AvgIpc) is 2.41. The summed E-state index contributed by atoms with van der Waals surface area (Å²) in [4.78, 5) is 0. The van der Waals surface area contributed by atoms with Crippen molar-refractivity contribution in [2.24, 2.45) is 0 Å². The molecule has 1 N–H and O–H groups in total. The molecule has 0 radical (unpaired) electrons. The third-order valence-electron chi connectivity index (χ3n) is 3.16. The Morgan fingerprint density at radius 2 is 1.95 bits per heavy atom. The molecule has 0 amide bonds. The zero-order valence-corrected chi connectivity index (χ0v) is 11.5. The maximum Gasteiger partial charge on any atom is 0.128 e. The van der Waals surface area contributed by atoms with Crippen molar-refractivity contribution >= 4 is 0 Å². The zero-order valence-electron chi connectivity index (χ0n) is 11.5. The SMILES string of the molecule is CNCc1ccc(-c2ccc(OC)cc2C)cc1F. The highest BCUT2D eigenvalue weighted by molar-refractivity contribution is 5.68. The molecule has 0 aliphatic heterocycles. The van der Waals surface area contributed by atoms with Gasteiger partial charge in [-0.15, -0.1) is 0 Å². The fraction of sp³-hybridized carbons (Fsp3) is 0.250. The predicted molar refractivity (Wildman–Crippen MR) is 75.9 cm³/mol. The molecule has 0 saturated heterocycles. The van der Waals surface area contributed by atoms with E-state index in [4.69, 9.17) is 4.74 Å². The molecule has 2 rings (SSSR count). The first-order valence-corrected chi connectivity index (χ1v) is 6.23. The van der Waals surface area contributed by atoms with E-state index >= 15 is 0 Å². The molecule has 0 heterocycles. The molecule has 0 aliphatic rings. The largest absolute Gasteiger partial charge is 0.497 e. The second-order valence-corrected chi connectivity index (χ2v) is 4.52. The Hall–Kier alpha value is -1.87. The molecule has 3 heteroatoms. The monoisotopic (exact) mass is 259 g/mol. The van der Waals surface area contributed by atoms with E-state index < -0.39 is 0 Å². The van der Waals surface area contributed by atoms with Crippen LogP contribution in [-0.4, -0.2) is 14.2 Å². The van der Waals surface area contributed by atoms with Crippen molar-refractivity contribution in [3.63, 3.8) is 0 Å². The number of hydrogen-bond acceptors (Lipinski definition) is 2. The molecule has 0 unspecified atom stereocenters. The van der Waals surface area contributed by atoms with Gasteiger partial charge in [0.25, 0.3) is 0 Å². The zero-order chi connectivity index (χ0) is 13.8. The number of halogens is 1. The van der Waals surface area contributed by atoms with E-state index in [0.29, 0.717) is 12.1 Å². The summed E-state index contributed by atoms with van der Waals surface area (Å²) in [7, 11) is 3.45. The summed E-state index contributed by atoms with van der Waals surface area (Å²) in [5.74, 6) is 0.635. The van der Waals surface area contributed by atoms with Crippen molar-refractivity contribution in [2.45, 2.75) is 13.5 Å². The maximum absolute atomic E-state index is 13.9. The first-order valence-electron chi connectivity index (χ1n) is 6.23. The minimum atomic E-state index is -0.179. The van der Waals surface area contributed by atoms with Gasteiger partial charge in [0.15, 0.2) is 0 Å². The quantitative estimate of drug-likeness (QED) is 0.907. The minimum Gasteiger partial charge on any atom is -0.497 e. The Bertz CT molecular complexity index is 581. The Labute approximate surface area is 113 Å². The van der Waals surface area contributed by atoms with Gasteiger partial charge in [-0.25, -0.2) is 4.39 Å². The van der Waals surface area contributed by atoms with Crippen LogP contribution in [0.2, 0.25) is 0 Å². The van der Waals surface area contributed by atoms with E-state index in [1.54, 1.807) is 20.2 Å². The van der Waals surface area contributed by atoms with Crippen LogP contribution in [0.4, 0.5) is 4.39 Å². The molecule has 100 valence electrons. The van der Waals surface area contributed by atoms with E-state index in [9.17, 15) is 4.39 Å². The van der Waals surface area contributed by atoms with Crippen LogP contribution < -0.4 is 10.1 Å². The molecule has 0 atom stereocenters. The third kappa shape index (κ3) is 2.93. The molecule has 2 nitrogen and oxygen atoms in total. The number of methoxy groups -OCH3 is 1. The maximum atomic E-state index is 13.9. The summed E-state index contributed by atoms with van der Waals surface area (Å²) in [6.07, 6.45) is 0. The fourth-order valence-corrected chi connectivity index (χ4v) is 2.14. The normalized spacial score (nSPS) is 10.5. The summed E-state index contributed by atoms with van der Waals surface area (Å²) >= 11 is 0. The Balaban J connectivity index is 2.39. The lowest BCUT2D eigenvalue weighted by atomic mass is 9.99. The van der Waals surface area contributed by atoms with Gasteiger partial charge >= 0.3 is 0 Å². The number of aryl methyl sites for hydroxylation is 1. The third-order valence-corrected chi connectivity index (χ3v) is 3.16. The lowest BCUT2D eigenvalue weighted by Gasteiger charge is -2.10. The van der Waals surface area contributed by atoms with Crippen molar-refractivity contribution in [2.75, 3.05) is 14.2 Å². The van der Waals surface area contributed by atoms with Crippen molar-refractivity contribution in [3.05, 3.63) is 53.3 Å². The van der Waals surface area contributed by atoms with E-state index in [1.165, 1.54) is 0 Å². The highest BCUT2D eigenvalue weighted by atomic mass is 19.1. The lowest BCUT2D eigenvalue weighted by Crippen LogP contribution is -2.06. The molecule has 0 bridgehead atoms. The van der Waals surface area contributed by atoms with Gasteiger partial charge in [-0.3, -0.25) is 0 Å². The molecular weight excluding hydrogens is 241 g/mol. The van der Waals surface area contributed by atoms with Crippen molar-refractivity contribution in [1.82, 2.24) is 5.32 Å². The number of rotatable bonds is 4. The van der Waals surface area contributed by atoms with E-state index in [0.717, 1.165) is 22.4 Å². The van der Waals surface area contributed by atoms with Crippen molar-refractivity contribution in [3.8, 4) is 16.9 Å². The highest BCUT2D eigenvalue weighted by Crippen LogP contribution is 2.28. The van der Waals surface area contributed by atoms with Crippen LogP contribution in [0, 0.1) is 12.7 Å². The summed E-state index contributed by atoms with van der Waals surface area (Å²) in [5, 5.41) is 2.95. The molecule has 2 aromatic carbocycles. The number of hydrogen-bond donors (Lipinski definition) is 1. The molecular formula is C16H18FNO. The Morgan fingerprint density at radius 1 is 1.16 bits per heavy atom. The number of benzene rings is 2. The van der Waals surface area contributed by atoms with E-state index in [-0.39, 0.29) is 5.82 Å². The smallest absolute Gasteiger partial charge is 0.128 e. The fourth-order valence-electron chi connectivity index (χ4n) is 2.14. The van der Waals surface area contributed by atoms with Gasteiger partial charge in [-0.05, 0) is 48.9 Å². The first kappa shape index (κ1) is 13.6. The molecule has 0 spiro atoms. The van der Waals surface area contributed by atoms with Crippen LogP contribution in [0.15, 0.2) is 36.4 Å². The Morgan fingerprint density at radius 3 is 2.53 bits per heavy atom. The summed E-state index contributed by atoms with van der Waals surface area (Å²) in [5.41, 5.74) is 3.66. The molecule has 0 aromatic heterocycles. The summed E-state index contributed by atoms with van der Waals surface area (Å²) in [6.45, 7) is 2.53. The molecule has 2 aromatic rings. The van der Waals surface area contributed by atoms with Gasteiger partial charge in [0, 0.05) is 12.1 Å². The first-order chi connectivity index (χ1) is 9.15. The van der Waals surface area contributed by atoms with Gasteiger partial charge in [0.05, 0.1) is 7.11 Å². The van der Waals surface area contributed by atoms with Gasteiger partial charge in [0.1, 0.15) is 11.6 Å². The van der Waals surface area contributed by atoms with Crippen LogP contribution in [0.5, 0.6) is 5.75 Å². The van der Waals surface area contributed by atoms with Gasteiger partial charge < -0.3 is 10.1 Å². The van der Waals surface area contributed by atoms with Gasteiger partial charge in [-0.2, -0.15) is 0 Å². The highest BCUT2D eigenvalue weighted by Gasteiger charge is 2.07. The molecule has 0 aliphatic carbocycles. The standard InChI is InChI=1S/C16H18FNO/c1-11-8-14(19-3)6-7-15(11)12-4-5-13(10-18-2)16(17)9-12/h4-9,18H,10H2,1-3H3. The Kier molecular flexibility index (Phi) is 4.17. The minimum absolute atomic E-state index is 0.179. The second kappa shape index (κ2) is 5.85. The summed E-state index contributed by atoms with van der Waals surface area (Å²) < 4.78 is 19.1. The van der Waals surface area contributed by atoms with Crippen LogP contribution in [0.3, 0.4) is 0 Å². The van der Waals surface area contributed by atoms with Crippen LogP contribution >= 0.6 is 0 Å². The van der Waals surface area contributed by atoms with E-state index in [2.05, 4.69) is 5.32 Å². The molecule has 0 saturated carbocycles. The molecule has 19 heavy (non-hydrogen) atoms. The van der Waals surface area contributed by atoms with Crippen LogP contribution in [0.1, 0.15) is 11.1 Å². The predicted octanol–water partition coefficient (Wildman–Crippen LogP) is 3.53. The number of nitrogens with one attached hydrogen (secondary N) is 1. The van der Waals surface area contributed by atoms with E-state index in [1.807, 2.05) is 37.3 Å². The average molecular weight is 259 g/mol. The lowest BCUT2D eigenvalue weighted by molar-refractivity contribution is 0.414. The van der Waals surface area contributed by atoms with Gasteiger partial charge in [0.2, 0.25) is 0 Å². The topological polar surface area (TPSA) is 21.3 Å². The second-order valence-electron chi connectivity index (χ2n) is 4.52. The summed E-state index contributed by atoms with van der Waals surface area (Å²) in [6, 6.07) is 11.2.